The number of phenols is 1. The first-order valence-corrected chi connectivity index (χ1v) is 14.8. The van der Waals surface area contributed by atoms with Gasteiger partial charge in [-0.2, -0.15) is 0 Å². The number of phenolic OH excluding ortho intramolecular Hbond substituents is 1. The zero-order chi connectivity index (χ0) is 33.7. The minimum Gasteiger partial charge on any atom is -0.508 e. The van der Waals surface area contributed by atoms with Crippen LogP contribution in [0.25, 0.3) is 6.08 Å². The molecule has 0 aliphatic heterocycles. The second kappa shape index (κ2) is 17.6. The Balaban J connectivity index is 2.21. The Morgan fingerprint density at radius 2 is 1.49 bits per heavy atom. The predicted octanol–water partition coefficient (Wildman–Crippen LogP) is 2.18. The Labute approximate surface area is 263 Å². The summed E-state index contributed by atoms with van der Waals surface area (Å²) < 4.78 is 5.10. The molecule has 0 aliphatic carbocycles. The van der Waals surface area contributed by atoms with Gasteiger partial charge < -0.3 is 36.2 Å². The molecule has 0 unspecified atom stereocenters. The molecule has 0 radical (unpaired) electrons. The van der Waals surface area contributed by atoms with E-state index in [1.807, 2.05) is 13.8 Å². The number of nitrogens with one attached hydrogen (secondary N) is 4. The van der Waals surface area contributed by atoms with Crippen molar-refractivity contribution < 1.29 is 38.9 Å². The van der Waals surface area contributed by atoms with Crippen LogP contribution in [0.1, 0.15) is 62.5 Å². The van der Waals surface area contributed by atoms with Gasteiger partial charge in [0.25, 0.3) is 5.91 Å². The maximum atomic E-state index is 13.4. The molecule has 0 fully saturated rings. The second-order valence-corrected chi connectivity index (χ2v) is 11.3. The maximum Gasteiger partial charge on any atom is 0.354 e. The van der Waals surface area contributed by atoms with E-state index in [2.05, 4.69) is 21.3 Å². The Kier molecular flexibility index (Phi) is 14.2. The maximum absolute atomic E-state index is 13.4. The molecule has 12 heteroatoms. The van der Waals surface area contributed by atoms with Crippen LogP contribution in [-0.4, -0.2) is 71.2 Å². The van der Waals surface area contributed by atoms with Gasteiger partial charge in [-0.05, 0) is 55.9 Å². The van der Waals surface area contributed by atoms with Crippen molar-refractivity contribution >= 4 is 35.7 Å². The van der Waals surface area contributed by atoms with Crippen molar-refractivity contribution in [3.05, 3.63) is 70.9 Å². The van der Waals surface area contributed by atoms with Crippen molar-refractivity contribution in [1.82, 2.24) is 21.3 Å². The lowest BCUT2D eigenvalue weighted by Crippen LogP contribution is -2.59. The number of rotatable bonds is 15. The molecule has 0 aliphatic rings. The molecule has 0 bridgehead atoms. The third kappa shape index (κ3) is 11.1. The van der Waals surface area contributed by atoms with E-state index in [0.29, 0.717) is 11.1 Å². The number of aromatic hydroxyl groups is 1. The lowest BCUT2D eigenvalue weighted by molar-refractivity contribution is -0.140. The molecule has 6 N–H and O–H groups in total. The van der Waals surface area contributed by atoms with Crippen LogP contribution in [0.5, 0.6) is 5.75 Å². The fourth-order valence-electron chi connectivity index (χ4n) is 4.34. The van der Waals surface area contributed by atoms with Crippen LogP contribution in [0.15, 0.2) is 54.2 Å². The average Bonchev–Trinajstić information content (AvgIpc) is 2.99. The van der Waals surface area contributed by atoms with Gasteiger partial charge in [0.1, 0.15) is 29.6 Å². The van der Waals surface area contributed by atoms with Gasteiger partial charge in [0, 0.05) is 11.1 Å². The molecule has 12 nitrogen and oxygen atoms in total. The van der Waals surface area contributed by atoms with E-state index in [0.717, 1.165) is 0 Å². The summed E-state index contributed by atoms with van der Waals surface area (Å²) in [5.74, 6) is -4.16. The predicted molar refractivity (Wildman–Crippen MR) is 169 cm³/mol. The van der Waals surface area contributed by atoms with Crippen molar-refractivity contribution in [1.29, 1.82) is 0 Å². The summed E-state index contributed by atoms with van der Waals surface area (Å²) in [6.07, 6.45) is 1.64. The van der Waals surface area contributed by atoms with Crippen molar-refractivity contribution in [3.63, 3.8) is 0 Å². The first-order chi connectivity index (χ1) is 21.3. The zero-order valence-corrected chi connectivity index (χ0v) is 26.5. The standard InChI is InChI=1S/C33H44N4O8/c1-7-45-33(44)25(17-22-12-9-8-10-13-22)35-30(41)24(16-19(2)3)34-31(42)26(18-38)36-32(43)28(20(4)5)37-29(40)23-14-11-15-27(39)21(23)6/h8-15,17,19-20,24,26,28,38-39H,7,16,18H2,1-6H3,(H,34,42)(H,35,41)(H,36,43)(H,37,40)/b25-17-/t24-,26-,28-/m0/s1. The van der Waals surface area contributed by atoms with Crippen molar-refractivity contribution in [2.45, 2.75) is 66.1 Å². The Morgan fingerprint density at radius 3 is 2.07 bits per heavy atom. The lowest BCUT2D eigenvalue weighted by atomic mass is 10.0. The molecule has 2 aromatic carbocycles. The zero-order valence-electron chi connectivity index (χ0n) is 26.5. The van der Waals surface area contributed by atoms with E-state index in [-0.39, 0.29) is 36.0 Å². The van der Waals surface area contributed by atoms with Gasteiger partial charge in [-0.15, -0.1) is 0 Å². The van der Waals surface area contributed by atoms with Crippen molar-refractivity contribution in [2.24, 2.45) is 11.8 Å². The smallest absolute Gasteiger partial charge is 0.354 e. The van der Waals surface area contributed by atoms with Crippen LogP contribution >= 0.6 is 0 Å². The third-order valence-electron chi connectivity index (χ3n) is 6.80. The van der Waals surface area contributed by atoms with Crippen molar-refractivity contribution in [2.75, 3.05) is 13.2 Å². The van der Waals surface area contributed by atoms with E-state index in [1.54, 1.807) is 58.0 Å². The van der Waals surface area contributed by atoms with Crippen LogP contribution in [0, 0.1) is 18.8 Å². The van der Waals surface area contributed by atoms with Gasteiger partial charge in [-0.1, -0.05) is 64.1 Å². The monoisotopic (exact) mass is 624 g/mol. The number of aliphatic hydroxyl groups excluding tert-OH is 1. The highest BCUT2D eigenvalue weighted by molar-refractivity contribution is 6.01. The molecule has 0 saturated heterocycles. The molecule has 0 aromatic heterocycles. The van der Waals surface area contributed by atoms with E-state index < -0.39 is 60.2 Å². The molecular formula is C33H44N4O8. The van der Waals surface area contributed by atoms with Gasteiger partial charge in [-0.3, -0.25) is 19.2 Å². The molecule has 4 amide bonds. The second-order valence-electron chi connectivity index (χ2n) is 11.3. The minimum absolute atomic E-state index is 0.0613. The number of carbonyl (C=O) groups is 5. The molecule has 0 saturated carbocycles. The number of amides is 4. The molecule has 3 atom stereocenters. The van der Waals surface area contributed by atoms with Gasteiger partial charge in [-0.25, -0.2) is 4.79 Å². The molecule has 2 rings (SSSR count). The van der Waals surface area contributed by atoms with Crippen molar-refractivity contribution in [3.8, 4) is 5.75 Å². The summed E-state index contributed by atoms with van der Waals surface area (Å²) >= 11 is 0. The number of ether oxygens (including phenoxy) is 1. The summed E-state index contributed by atoms with van der Waals surface area (Å²) in [7, 11) is 0. The Morgan fingerprint density at radius 1 is 0.844 bits per heavy atom. The molecule has 0 heterocycles. The normalized spacial score (nSPS) is 13.4. The SMILES string of the molecule is CCOC(=O)/C(=C/c1ccccc1)NC(=O)[C@H](CC(C)C)NC(=O)[C@H](CO)NC(=O)[C@@H](NC(=O)c1cccc(O)c1C)C(C)C. The number of hydrogen-bond donors (Lipinski definition) is 6. The Bertz CT molecular complexity index is 1370. The quantitative estimate of drug-likeness (QED) is 0.129. The highest BCUT2D eigenvalue weighted by Crippen LogP contribution is 2.20. The van der Waals surface area contributed by atoms with E-state index >= 15 is 0 Å². The number of esters is 1. The summed E-state index contributed by atoms with van der Waals surface area (Å²) in [4.78, 5) is 65.4. The number of hydrogen-bond acceptors (Lipinski definition) is 8. The van der Waals surface area contributed by atoms with Crippen LogP contribution in [0.4, 0.5) is 0 Å². The largest absolute Gasteiger partial charge is 0.508 e. The van der Waals surface area contributed by atoms with Crippen LogP contribution < -0.4 is 21.3 Å². The molecule has 244 valence electrons. The lowest BCUT2D eigenvalue weighted by Gasteiger charge is -2.26. The third-order valence-corrected chi connectivity index (χ3v) is 6.80. The van der Waals surface area contributed by atoms with Gasteiger partial charge >= 0.3 is 5.97 Å². The Hall–Kier alpha value is -4.71. The number of benzene rings is 2. The van der Waals surface area contributed by atoms with Crippen LogP contribution in [-0.2, 0) is 23.9 Å². The number of aliphatic hydroxyl groups is 1. The highest BCUT2D eigenvalue weighted by atomic mass is 16.5. The van der Waals surface area contributed by atoms with E-state index in [1.165, 1.54) is 24.3 Å². The molecule has 2 aromatic rings. The topological polar surface area (TPSA) is 183 Å². The molecular weight excluding hydrogens is 580 g/mol. The summed E-state index contributed by atoms with van der Waals surface area (Å²) in [6.45, 7) is 9.56. The molecule has 0 spiro atoms. The highest BCUT2D eigenvalue weighted by Gasteiger charge is 2.32. The fraction of sp³-hybridized carbons (Fsp3) is 0.424. The molecule has 45 heavy (non-hydrogen) atoms. The van der Waals surface area contributed by atoms with Gasteiger partial charge in [0.05, 0.1) is 13.2 Å². The van der Waals surface area contributed by atoms with Crippen LogP contribution in [0.2, 0.25) is 0 Å². The van der Waals surface area contributed by atoms with E-state index in [9.17, 15) is 34.2 Å². The minimum atomic E-state index is -1.45. The van der Waals surface area contributed by atoms with Crippen LogP contribution in [0.3, 0.4) is 0 Å². The average molecular weight is 625 g/mol. The fourth-order valence-corrected chi connectivity index (χ4v) is 4.34. The van der Waals surface area contributed by atoms with Gasteiger partial charge in [0.15, 0.2) is 0 Å². The summed E-state index contributed by atoms with van der Waals surface area (Å²) in [5.41, 5.74) is 1.03. The van der Waals surface area contributed by atoms with Gasteiger partial charge in [0.2, 0.25) is 17.7 Å². The summed E-state index contributed by atoms with van der Waals surface area (Å²) in [6, 6.07) is 9.59. The number of carbonyl (C=O) groups excluding carboxylic acids is 5. The first kappa shape index (κ1) is 36.5. The first-order valence-electron chi connectivity index (χ1n) is 14.8. The van der Waals surface area contributed by atoms with E-state index in [4.69, 9.17) is 4.74 Å². The summed E-state index contributed by atoms with van der Waals surface area (Å²) in [5, 5.41) is 30.2.